The van der Waals surface area contributed by atoms with E-state index in [1.54, 1.807) is 0 Å². The molecule has 1 amide bonds. The minimum atomic E-state index is -3.66. The van der Waals surface area contributed by atoms with Crippen molar-refractivity contribution in [3.05, 3.63) is 28.2 Å². The summed E-state index contributed by atoms with van der Waals surface area (Å²) in [5, 5.41) is 3.96. The number of sulfonamides is 1. The van der Waals surface area contributed by atoms with Crippen LogP contribution < -0.4 is 5.32 Å². The zero-order chi connectivity index (χ0) is 20.0. The zero-order valence-electron chi connectivity index (χ0n) is 15.7. The number of hydrogen-bond acceptors (Lipinski definition) is 4. The SMILES string of the molecule is CC[C@H](C)N1C(=O)[C@@H](C)NC12CCN(S(=O)(=O)c1ccc(Cl)c(Cl)c1)CC2. The number of benzene rings is 1. The molecule has 1 N–H and O–H groups in total. The fourth-order valence-corrected chi connectivity index (χ4v) is 5.87. The van der Waals surface area contributed by atoms with E-state index in [-0.39, 0.29) is 27.9 Å². The number of rotatable bonds is 4. The summed E-state index contributed by atoms with van der Waals surface area (Å²) in [5.41, 5.74) is -0.477. The molecule has 2 saturated heterocycles. The molecule has 9 heteroatoms. The van der Waals surface area contributed by atoms with Gasteiger partial charge in [-0.05, 0) is 51.3 Å². The van der Waals surface area contributed by atoms with E-state index in [0.29, 0.717) is 31.0 Å². The van der Waals surface area contributed by atoms with Gasteiger partial charge in [0.1, 0.15) is 0 Å². The lowest BCUT2D eigenvalue weighted by atomic mass is 9.95. The molecule has 3 rings (SSSR count). The number of amides is 1. The molecule has 2 aliphatic heterocycles. The number of nitrogens with zero attached hydrogens (tertiary/aromatic N) is 2. The van der Waals surface area contributed by atoms with E-state index in [1.165, 1.54) is 22.5 Å². The van der Waals surface area contributed by atoms with Crippen LogP contribution in [0.15, 0.2) is 23.1 Å². The Morgan fingerprint density at radius 3 is 2.44 bits per heavy atom. The molecule has 1 spiro atoms. The topological polar surface area (TPSA) is 69.7 Å². The van der Waals surface area contributed by atoms with Gasteiger partial charge in [-0.3, -0.25) is 10.1 Å². The van der Waals surface area contributed by atoms with E-state index in [9.17, 15) is 13.2 Å². The van der Waals surface area contributed by atoms with Crippen LogP contribution >= 0.6 is 23.2 Å². The van der Waals surface area contributed by atoms with E-state index in [0.717, 1.165) is 6.42 Å². The second-order valence-electron chi connectivity index (χ2n) is 7.34. The molecule has 0 saturated carbocycles. The average Bonchev–Trinajstić information content (AvgIpc) is 2.87. The van der Waals surface area contributed by atoms with Crippen molar-refractivity contribution in [1.82, 2.24) is 14.5 Å². The third-order valence-electron chi connectivity index (χ3n) is 5.66. The highest BCUT2D eigenvalue weighted by molar-refractivity contribution is 7.89. The van der Waals surface area contributed by atoms with E-state index in [4.69, 9.17) is 23.2 Å². The van der Waals surface area contributed by atoms with Crippen LogP contribution in [0, 0.1) is 0 Å². The van der Waals surface area contributed by atoms with Gasteiger partial charge in [-0.2, -0.15) is 4.31 Å². The van der Waals surface area contributed by atoms with E-state index in [2.05, 4.69) is 12.2 Å². The van der Waals surface area contributed by atoms with Crippen molar-refractivity contribution in [3.63, 3.8) is 0 Å². The Labute approximate surface area is 170 Å². The van der Waals surface area contributed by atoms with Crippen molar-refractivity contribution in [2.75, 3.05) is 13.1 Å². The van der Waals surface area contributed by atoms with Gasteiger partial charge in [0.2, 0.25) is 15.9 Å². The summed E-state index contributed by atoms with van der Waals surface area (Å²) in [7, 11) is -3.66. The molecule has 27 heavy (non-hydrogen) atoms. The summed E-state index contributed by atoms with van der Waals surface area (Å²) in [5.74, 6) is 0.0881. The lowest BCUT2D eigenvalue weighted by molar-refractivity contribution is -0.135. The van der Waals surface area contributed by atoms with E-state index >= 15 is 0 Å². The third-order valence-corrected chi connectivity index (χ3v) is 8.30. The van der Waals surface area contributed by atoms with Crippen LogP contribution in [0.2, 0.25) is 10.0 Å². The maximum atomic E-state index is 13.0. The second-order valence-corrected chi connectivity index (χ2v) is 10.1. The molecule has 2 fully saturated rings. The molecule has 2 heterocycles. The predicted octanol–water partition coefficient (Wildman–Crippen LogP) is 3.09. The predicted molar refractivity (Wildman–Crippen MR) is 106 cm³/mol. The fraction of sp³-hybridized carbons (Fsp3) is 0.611. The number of nitrogens with one attached hydrogen (secondary N) is 1. The summed E-state index contributed by atoms with van der Waals surface area (Å²) < 4.78 is 27.4. The quantitative estimate of drug-likeness (QED) is 0.791. The monoisotopic (exact) mass is 433 g/mol. The number of carbonyl (C=O) groups excluding carboxylic acids is 1. The first-order chi connectivity index (χ1) is 12.6. The number of carbonyl (C=O) groups is 1. The van der Waals surface area contributed by atoms with Crippen molar-refractivity contribution in [2.45, 2.75) is 62.7 Å². The van der Waals surface area contributed by atoms with Crippen molar-refractivity contribution in [2.24, 2.45) is 0 Å². The summed E-state index contributed by atoms with van der Waals surface area (Å²) in [6.07, 6.45) is 1.95. The zero-order valence-corrected chi connectivity index (χ0v) is 18.0. The highest BCUT2D eigenvalue weighted by atomic mass is 35.5. The lowest BCUT2D eigenvalue weighted by Gasteiger charge is -2.46. The molecular formula is C18H25Cl2N3O3S. The van der Waals surface area contributed by atoms with Crippen LogP contribution in [0.25, 0.3) is 0 Å². The fourth-order valence-electron chi connectivity index (χ4n) is 4.04. The average molecular weight is 434 g/mol. The second kappa shape index (κ2) is 7.52. The molecule has 1 aromatic rings. The molecule has 0 aliphatic carbocycles. The summed E-state index contributed by atoms with van der Waals surface area (Å²) in [4.78, 5) is 14.7. The maximum absolute atomic E-state index is 13.0. The molecule has 6 nitrogen and oxygen atoms in total. The van der Waals surface area contributed by atoms with E-state index in [1.807, 2.05) is 18.7 Å². The minimum Gasteiger partial charge on any atom is -0.320 e. The van der Waals surface area contributed by atoms with Gasteiger partial charge in [0.25, 0.3) is 0 Å². The number of hydrogen-bond donors (Lipinski definition) is 1. The molecule has 0 radical (unpaired) electrons. The van der Waals surface area contributed by atoms with Gasteiger partial charge < -0.3 is 4.90 Å². The Balaban J connectivity index is 1.81. The molecule has 0 aromatic heterocycles. The number of halogens is 2. The molecule has 0 bridgehead atoms. The first-order valence-corrected chi connectivity index (χ1v) is 11.4. The van der Waals surface area contributed by atoms with Gasteiger partial charge >= 0.3 is 0 Å². The third kappa shape index (κ3) is 3.60. The van der Waals surface area contributed by atoms with Crippen molar-refractivity contribution >= 4 is 39.1 Å². The van der Waals surface area contributed by atoms with E-state index < -0.39 is 15.7 Å². The van der Waals surface area contributed by atoms with Crippen LogP contribution in [0.4, 0.5) is 0 Å². The minimum absolute atomic E-state index is 0.0881. The highest BCUT2D eigenvalue weighted by Crippen LogP contribution is 2.36. The first kappa shape index (κ1) is 20.9. The molecular weight excluding hydrogens is 409 g/mol. The van der Waals surface area contributed by atoms with Crippen molar-refractivity contribution in [3.8, 4) is 0 Å². The molecule has 150 valence electrons. The first-order valence-electron chi connectivity index (χ1n) is 9.18. The summed E-state index contributed by atoms with van der Waals surface area (Å²) in [6.45, 7) is 6.63. The highest BCUT2D eigenvalue weighted by Gasteiger charge is 2.52. The normalized spacial score (nSPS) is 24.6. The summed E-state index contributed by atoms with van der Waals surface area (Å²) in [6, 6.07) is 4.20. The Morgan fingerprint density at radius 2 is 1.89 bits per heavy atom. The molecule has 1 aromatic carbocycles. The van der Waals surface area contributed by atoms with Crippen molar-refractivity contribution < 1.29 is 13.2 Å². The van der Waals surface area contributed by atoms with Crippen LogP contribution in [-0.2, 0) is 14.8 Å². The van der Waals surface area contributed by atoms with Crippen LogP contribution in [-0.4, -0.2) is 54.4 Å². The maximum Gasteiger partial charge on any atom is 0.243 e. The van der Waals surface area contributed by atoms with Crippen LogP contribution in [0.1, 0.15) is 40.0 Å². The Morgan fingerprint density at radius 1 is 1.26 bits per heavy atom. The molecule has 2 atom stereocenters. The molecule has 2 aliphatic rings. The van der Waals surface area contributed by atoms with Gasteiger partial charge in [0, 0.05) is 19.1 Å². The summed E-state index contributed by atoms with van der Waals surface area (Å²) >= 11 is 11.9. The van der Waals surface area contributed by atoms with Gasteiger partial charge in [0.15, 0.2) is 0 Å². The number of piperidine rings is 1. The van der Waals surface area contributed by atoms with Gasteiger partial charge in [-0.25, -0.2) is 8.42 Å². The Kier molecular flexibility index (Phi) is 5.81. The lowest BCUT2D eigenvalue weighted by Crippen LogP contribution is -2.61. The molecule has 0 unspecified atom stereocenters. The smallest absolute Gasteiger partial charge is 0.243 e. The largest absolute Gasteiger partial charge is 0.320 e. The van der Waals surface area contributed by atoms with Gasteiger partial charge in [-0.1, -0.05) is 30.1 Å². The van der Waals surface area contributed by atoms with Crippen molar-refractivity contribution in [1.29, 1.82) is 0 Å². The standard InChI is InChI=1S/C18H25Cl2N3O3S/c1-4-12(2)23-17(24)13(3)21-18(23)7-9-22(10-8-18)27(25,26)14-5-6-15(19)16(20)11-14/h5-6,11-13,21H,4,7-10H2,1-3H3/t12-,13+/m0/s1. The Hall–Kier alpha value is -0.860. The van der Waals surface area contributed by atoms with Crippen LogP contribution in [0.5, 0.6) is 0 Å². The van der Waals surface area contributed by atoms with Crippen LogP contribution in [0.3, 0.4) is 0 Å². The van der Waals surface area contributed by atoms with Gasteiger partial charge in [-0.15, -0.1) is 0 Å². The van der Waals surface area contributed by atoms with Gasteiger partial charge in [0.05, 0.1) is 26.6 Å². The Bertz CT molecular complexity index is 838.